The van der Waals surface area contributed by atoms with Gasteiger partial charge in [-0.25, -0.2) is 4.79 Å². The highest BCUT2D eigenvalue weighted by molar-refractivity contribution is 7.10. The molecule has 1 heterocycles. The monoisotopic (exact) mass is 283 g/mol. The van der Waals surface area contributed by atoms with Crippen molar-refractivity contribution in [2.24, 2.45) is 5.73 Å². The lowest BCUT2D eigenvalue weighted by Crippen LogP contribution is -2.39. The fourth-order valence-corrected chi connectivity index (χ4v) is 2.50. The molecule has 0 unspecified atom stereocenters. The van der Waals surface area contributed by atoms with Gasteiger partial charge in [-0.05, 0) is 24.8 Å². The van der Waals surface area contributed by atoms with Crippen molar-refractivity contribution in [3.63, 3.8) is 0 Å². The summed E-state index contributed by atoms with van der Waals surface area (Å²) < 4.78 is 0. The maximum atomic E-state index is 12.2. The first-order valence-corrected chi connectivity index (χ1v) is 7.18. The van der Waals surface area contributed by atoms with Gasteiger partial charge >= 0.3 is 6.03 Å². The number of hydrogen-bond acceptors (Lipinski definition) is 3. The summed E-state index contributed by atoms with van der Waals surface area (Å²) in [6, 6.07) is 3.00. The number of hydrogen-bond donors (Lipinski definition) is 2. The Morgan fingerprint density at radius 1 is 1.53 bits per heavy atom. The van der Waals surface area contributed by atoms with Crippen LogP contribution in [0, 0.1) is 0 Å². The molecule has 3 amide bonds. The van der Waals surface area contributed by atoms with Crippen LogP contribution in [0.5, 0.6) is 0 Å². The summed E-state index contributed by atoms with van der Waals surface area (Å²) in [4.78, 5) is 25.9. The molecule has 1 aromatic heterocycles. The highest BCUT2D eigenvalue weighted by Crippen LogP contribution is 2.23. The molecule has 2 atom stereocenters. The molecule has 0 aliphatic heterocycles. The Kier molecular flexibility index (Phi) is 5.82. The minimum atomic E-state index is -0.614. The van der Waals surface area contributed by atoms with Gasteiger partial charge in [0.2, 0.25) is 5.91 Å². The summed E-state index contributed by atoms with van der Waals surface area (Å²) in [5.74, 6) is 0.00139. The van der Waals surface area contributed by atoms with E-state index in [-0.39, 0.29) is 24.4 Å². The normalized spacial score (nSPS) is 13.6. The van der Waals surface area contributed by atoms with Crippen LogP contribution in [-0.4, -0.2) is 29.9 Å². The van der Waals surface area contributed by atoms with Crippen molar-refractivity contribution in [1.82, 2.24) is 10.2 Å². The summed E-state index contributed by atoms with van der Waals surface area (Å²) >= 11 is 1.50. The summed E-state index contributed by atoms with van der Waals surface area (Å²) in [5.41, 5.74) is 5.17. The zero-order chi connectivity index (χ0) is 14.4. The molecule has 0 radical (unpaired) electrons. The van der Waals surface area contributed by atoms with Gasteiger partial charge in [-0.2, -0.15) is 0 Å². The van der Waals surface area contributed by atoms with Gasteiger partial charge in [-0.15, -0.1) is 11.3 Å². The maximum absolute atomic E-state index is 12.2. The predicted octanol–water partition coefficient (Wildman–Crippen LogP) is 2.10. The average Bonchev–Trinajstić information content (AvgIpc) is 2.89. The van der Waals surface area contributed by atoms with E-state index in [0.29, 0.717) is 0 Å². The predicted molar refractivity (Wildman–Crippen MR) is 76.9 cm³/mol. The zero-order valence-corrected chi connectivity index (χ0v) is 12.4. The van der Waals surface area contributed by atoms with Crippen molar-refractivity contribution >= 4 is 23.3 Å². The molecule has 0 saturated heterocycles. The first-order valence-electron chi connectivity index (χ1n) is 6.30. The number of amides is 3. The number of primary amides is 1. The first kappa shape index (κ1) is 15.5. The molecular formula is C13H21N3O2S. The molecule has 5 nitrogen and oxygen atoms in total. The van der Waals surface area contributed by atoms with Gasteiger partial charge in [-0.1, -0.05) is 13.0 Å². The Morgan fingerprint density at radius 2 is 2.21 bits per heavy atom. The van der Waals surface area contributed by atoms with Gasteiger partial charge in [-0.3, -0.25) is 4.79 Å². The third-order valence-corrected chi connectivity index (χ3v) is 4.21. The fourth-order valence-electron chi connectivity index (χ4n) is 1.72. The first-order chi connectivity index (χ1) is 8.95. The lowest BCUT2D eigenvalue weighted by atomic mass is 10.1. The lowest BCUT2D eigenvalue weighted by molar-refractivity contribution is -0.132. The van der Waals surface area contributed by atoms with Crippen molar-refractivity contribution in [3.05, 3.63) is 22.4 Å². The van der Waals surface area contributed by atoms with Gasteiger partial charge in [0.1, 0.15) is 0 Å². The van der Waals surface area contributed by atoms with E-state index in [1.165, 1.54) is 11.3 Å². The van der Waals surface area contributed by atoms with E-state index in [0.717, 1.165) is 11.3 Å². The number of nitrogens with one attached hydrogen (secondary N) is 1. The van der Waals surface area contributed by atoms with Crippen molar-refractivity contribution in [2.75, 3.05) is 7.05 Å². The molecule has 0 aromatic carbocycles. The minimum Gasteiger partial charge on any atom is -0.352 e. The number of carbonyl (C=O) groups excluding carboxylic acids is 2. The van der Waals surface area contributed by atoms with Crippen LogP contribution in [0.4, 0.5) is 4.79 Å². The van der Waals surface area contributed by atoms with Crippen LogP contribution in [0.15, 0.2) is 17.5 Å². The molecular weight excluding hydrogens is 262 g/mol. The Labute approximate surface area is 117 Å². The van der Waals surface area contributed by atoms with E-state index in [4.69, 9.17) is 5.73 Å². The van der Waals surface area contributed by atoms with Gasteiger partial charge in [0.25, 0.3) is 0 Å². The molecule has 0 saturated carbocycles. The molecule has 0 aliphatic carbocycles. The van der Waals surface area contributed by atoms with Crippen LogP contribution < -0.4 is 11.1 Å². The summed E-state index contributed by atoms with van der Waals surface area (Å²) in [6.45, 7) is 4.03. The maximum Gasteiger partial charge on any atom is 0.312 e. The zero-order valence-electron chi connectivity index (χ0n) is 11.6. The number of nitrogens with zero attached hydrogens (tertiary/aromatic N) is 1. The molecule has 3 N–H and O–H groups in total. The topological polar surface area (TPSA) is 75.4 Å². The van der Waals surface area contributed by atoms with Crippen molar-refractivity contribution in [3.8, 4) is 0 Å². The van der Waals surface area contributed by atoms with Gasteiger partial charge < -0.3 is 16.0 Å². The largest absolute Gasteiger partial charge is 0.352 e. The lowest BCUT2D eigenvalue weighted by Gasteiger charge is -2.26. The minimum absolute atomic E-state index is 0.00139. The number of carbonyl (C=O) groups is 2. The van der Waals surface area contributed by atoms with Crippen LogP contribution in [-0.2, 0) is 4.79 Å². The Morgan fingerprint density at radius 3 is 2.68 bits per heavy atom. The van der Waals surface area contributed by atoms with E-state index >= 15 is 0 Å². The number of nitrogens with two attached hydrogens (primary N) is 1. The summed E-state index contributed by atoms with van der Waals surface area (Å²) in [6.07, 6.45) is 1.12. The second kappa shape index (κ2) is 7.13. The quantitative estimate of drug-likeness (QED) is 0.839. The molecule has 1 aromatic rings. The highest BCUT2D eigenvalue weighted by atomic mass is 32.1. The standard InChI is InChI=1S/C13H21N3O2S/c1-4-9(2)16(3)12(17)8-10(15-13(14)18)11-6-5-7-19-11/h5-7,9-10H,4,8H2,1-3H3,(H3,14,15,18)/t9-,10+/m0/s1. The second-order valence-corrected chi connectivity index (χ2v) is 5.52. The molecule has 0 fully saturated rings. The third-order valence-electron chi connectivity index (χ3n) is 3.23. The van der Waals surface area contributed by atoms with E-state index in [1.807, 2.05) is 31.4 Å². The fraction of sp³-hybridized carbons (Fsp3) is 0.538. The molecule has 0 spiro atoms. The Balaban J connectivity index is 2.73. The SMILES string of the molecule is CC[C@H](C)N(C)C(=O)C[C@@H](NC(N)=O)c1cccs1. The summed E-state index contributed by atoms with van der Waals surface area (Å²) in [7, 11) is 1.78. The van der Waals surface area contributed by atoms with E-state index < -0.39 is 6.03 Å². The van der Waals surface area contributed by atoms with Gasteiger partial charge in [0, 0.05) is 18.0 Å². The van der Waals surface area contributed by atoms with Crippen molar-refractivity contribution < 1.29 is 9.59 Å². The van der Waals surface area contributed by atoms with Crippen LogP contribution in [0.1, 0.15) is 37.6 Å². The molecule has 106 valence electrons. The van der Waals surface area contributed by atoms with Gasteiger partial charge in [0.15, 0.2) is 0 Å². The number of thiophene rings is 1. The highest BCUT2D eigenvalue weighted by Gasteiger charge is 2.22. The van der Waals surface area contributed by atoms with E-state index in [9.17, 15) is 9.59 Å². The Hall–Kier alpha value is -1.56. The second-order valence-electron chi connectivity index (χ2n) is 4.54. The van der Waals surface area contributed by atoms with Crippen LogP contribution in [0.3, 0.4) is 0 Å². The van der Waals surface area contributed by atoms with Crippen LogP contribution in [0.2, 0.25) is 0 Å². The summed E-state index contributed by atoms with van der Waals surface area (Å²) in [5, 5.41) is 4.54. The molecule has 6 heteroatoms. The number of urea groups is 1. The molecule has 19 heavy (non-hydrogen) atoms. The van der Waals surface area contributed by atoms with E-state index in [1.54, 1.807) is 11.9 Å². The van der Waals surface area contributed by atoms with Crippen LogP contribution in [0.25, 0.3) is 0 Å². The molecule has 0 bridgehead atoms. The van der Waals surface area contributed by atoms with E-state index in [2.05, 4.69) is 5.32 Å². The molecule has 1 rings (SSSR count). The molecule has 0 aliphatic rings. The smallest absolute Gasteiger partial charge is 0.312 e. The Bertz CT molecular complexity index is 420. The number of rotatable bonds is 6. The van der Waals surface area contributed by atoms with Gasteiger partial charge in [0.05, 0.1) is 12.5 Å². The third kappa shape index (κ3) is 4.55. The average molecular weight is 283 g/mol. The van der Waals surface area contributed by atoms with Crippen molar-refractivity contribution in [1.29, 1.82) is 0 Å². The van der Waals surface area contributed by atoms with Crippen LogP contribution >= 0.6 is 11.3 Å². The van der Waals surface area contributed by atoms with Crippen molar-refractivity contribution in [2.45, 2.75) is 38.8 Å².